The third kappa shape index (κ3) is 3.53. The monoisotopic (exact) mass is 334 g/mol. The Labute approximate surface area is 147 Å². The van der Waals surface area contributed by atoms with Gasteiger partial charge in [0.25, 0.3) is 5.91 Å². The van der Waals surface area contributed by atoms with Gasteiger partial charge in [-0.25, -0.2) is 0 Å². The van der Waals surface area contributed by atoms with Crippen molar-refractivity contribution in [1.82, 2.24) is 0 Å². The van der Waals surface area contributed by atoms with Crippen molar-refractivity contribution >= 4 is 23.1 Å². The minimum absolute atomic E-state index is 0.128. The predicted octanol–water partition coefficient (Wildman–Crippen LogP) is 4.48. The Bertz CT molecular complexity index is 837. The molecule has 0 radical (unpaired) electrons. The highest BCUT2D eigenvalue weighted by molar-refractivity contribution is 6.06. The van der Waals surface area contributed by atoms with Gasteiger partial charge in [-0.05, 0) is 67.6 Å². The maximum atomic E-state index is 12.4. The van der Waals surface area contributed by atoms with Crippen LogP contribution in [0.3, 0.4) is 0 Å². The fraction of sp³-hybridized carbons (Fsp3) is 0.286. The highest BCUT2D eigenvalue weighted by Gasteiger charge is 2.26. The molecule has 1 unspecified atom stereocenters. The maximum absolute atomic E-state index is 12.4. The van der Waals surface area contributed by atoms with Crippen LogP contribution in [0.15, 0.2) is 42.5 Å². The van der Waals surface area contributed by atoms with Crippen molar-refractivity contribution in [3.8, 4) is 0 Å². The van der Waals surface area contributed by atoms with E-state index in [1.165, 1.54) is 0 Å². The van der Waals surface area contributed by atoms with E-state index in [2.05, 4.69) is 5.32 Å². The molecule has 2 aromatic rings. The number of carbonyl (C=O) groups is 2. The van der Waals surface area contributed by atoms with Crippen molar-refractivity contribution in [2.45, 2.75) is 33.1 Å². The molecule has 1 amide bonds. The summed E-state index contributed by atoms with van der Waals surface area (Å²) in [7, 11) is 0. The second-order valence-electron chi connectivity index (χ2n) is 6.54. The Morgan fingerprint density at radius 2 is 1.84 bits per heavy atom. The zero-order valence-electron chi connectivity index (χ0n) is 14.6. The lowest BCUT2D eigenvalue weighted by Crippen LogP contribution is -2.22. The van der Waals surface area contributed by atoms with E-state index in [4.69, 9.17) is 5.41 Å². The van der Waals surface area contributed by atoms with Gasteiger partial charge < -0.3 is 10.7 Å². The first-order chi connectivity index (χ1) is 12.0. The fourth-order valence-electron chi connectivity index (χ4n) is 3.26. The van der Waals surface area contributed by atoms with E-state index >= 15 is 0 Å². The standard InChI is InChI=1S/C21H22N2O2/c1-3-14-4-9-17-12-18(10-11-19(17)20(14)24)23-21(25)16-7-5-15(6-8-16)13(2)22/h5-8,10-12,14,22H,3-4,9H2,1-2H3,(H,23,25). The number of Topliss-reactive ketones (excluding diaryl/α,β-unsaturated/α-hetero) is 1. The summed E-state index contributed by atoms with van der Waals surface area (Å²) >= 11 is 0. The first kappa shape index (κ1) is 17.1. The van der Waals surface area contributed by atoms with E-state index in [1.807, 2.05) is 19.1 Å². The Morgan fingerprint density at radius 3 is 2.48 bits per heavy atom. The summed E-state index contributed by atoms with van der Waals surface area (Å²) in [6, 6.07) is 12.5. The van der Waals surface area contributed by atoms with Crippen molar-refractivity contribution in [2.24, 2.45) is 5.92 Å². The zero-order chi connectivity index (χ0) is 18.0. The van der Waals surface area contributed by atoms with Crippen LogP contribution < -0.4 is 5.32 Å². The molecule has 0 spiro atoms. The van der Waals surface area contributed by atoms with E-state index in [0.717, 1.165) is 36.0 Å². The summed E-state index contributed by atoms with van der Waals surface area (Å²) in [5, 5.41) is 10.5. The van der Waals surface area contributed by atoms with Gasteiger partial charge in [0.15, 0.2) is 5.78 Å². The van der Waals surface area contributed by atoms with E-state index in [9.17, 15) is 9.59 Å². The normalized spacial score (nSPS) is 16.2. The first-order valence-corrected chi connectivity index (χ1v) is 8.63. The number of aryl methyl sites for hydroxylation is 1. The lowest BCUT2D eigenvalue weighted by Gasteiger charge is -2.22. The molecule has 0 bridgehead atoms. The fourth-order valence-corrected chi connectivity index (χ4v) is 3.26. The van der Waals surface area contributed by atoms with Crippen LogP contribution in [0, 0.1) is 11.3 Å². The van der Waals surface area contributed by atoms with Gasteiger partial charge in [-0.1, -0.05) is 19.1 Å². The van der Waals surface area contributed by atoms with Crippen molar-refractivity contribution in [1.29, 1.82) is 5.41 Å². The lowest BCUT2D eigenvalue weighted by atomic mass is 9.81. The molecule has 0 aromatic heterocycles. The molecule has 1 aliphatic rings. The summed E-state index contributed by atoms with van der Waals surface area (Å²) < 4.78 is 0. The summed E-state index contributed by atoms with van der Waals surface area (Å²) in [5.74, 6) is 0.158. The molecule has 4 heteroatoms. The van der Waals surface area contributed by atoms with Crippen LogP contribution in [0.5, 0.6) is 0 Å². The third-order valence-electron chi connectivity index (χ3n) is 4.83. The van der Waals surface area contributed by atoms with Gasteiger partial charge in [0.05, 0.1) is 0 Å². The summed E-state index contributed by atoms with van der Waals surface area (Å²) in [6.07, 6.45) is 2.63. The number of amides is 1. The average Bonchev–Trinajstić information content (AvgIpc) is 2.62. The van der Waals surface area contributed by atoms with Gasteiger partial charge in [0, 0.05) is 28.4 Å². The quantitative estimate of drug-likeness (QED) is 0.809. The number of hydrogen-bond donors (Lipinski definition) is 2. The number of anilines is 1. The molecular weight excluding hydrogens is 312 g/mol. The number of benzene rings is 2. The van der Waals surface area contributed by atoms with Crippen LogP contribution in [-0.2, 0) is 6.42 Å². The SMILES string of the molecule is CCC1CCc2cc(NC(=O)c3ccc(C(C)=N)cc3)ccc2C1=O. The van der Waals surface area contributed by atoms with Crippen LogP contribution in [0.1, 0.15) is 58.5 Å². The molecule has 2 aromatic carbocycles. The Balaban J connectivity index is 1.76. The minimum Gasteiger partial charge on any atom is -0.322 e. The van der Waals surface area contributed by atoms with Gasteiger partial charge >= 0.3 is 0 Å². The van der Waals surface area contributed by atoms with Crippen LogP contribution in [0.2, 0.25) is 0 Å². The predicted molar refractivity (Wildman–Crippen MR) is 99.8 cm³/mol. The van der Waals surface area contributed by atoms with Crippen molar-refractivity contribution in [2.75, 3.05) is 5.32 Å². The molecule has 25 heavy (non-hydrogen) atoms. The van der Waals surface area contributed by atoms with Crippen LogP contribution >= 0.6 is 0 Å². The van der Waals surface area contributed by atoms with Gasteiger partial charge in [-0.15, -0.1) is 0 Å². The van der Waals surface area contributed by atoms with Crippen LogP contribution in [0.25, 0.3) is 0 Å². The molecule has 1 aliphatic carbocycles. The van der Waals surface area contributed by atoms with E-state index < -0.39 is 0 Å². The average molecular weight is 334 g/mol. The largest absolute Gasteiger partial charge is 0.322 e. The van der Waals surface area contributed by atoms with Crippen LogP contribution in [-0.4, -0.2) is 17.4 Å². The molecule has 3 rings (SSSR count). The summed E-state index contributed by atoms with van der Waals surface area (Å²) in [5.41, 5.74) is 4.33. The molecule has 0 saturated heterocycles. The third-order valence-corrected chi connectivity index (χ3v) is 4.83. The van der Waals surface area contributed by atoms with Gasteiger partial charge in [0.2, 0.25) is 0 Å². The number of hydrogen-bond acceptors (Lipinski definition) is 3. The Hall–Kier alpha value is -2.75. The smallest absolute Gasteiger partial charge is 0.255 e. The first-order valence-electron chi connectivity index (χ1n) is 8.63. The minimum atomic E-state index is -0.192. The van der Waals surface area contributed by atoms with E-state index in [1.54, 1.807) is 37.3 Å². The topological polar surface area (TPSA) is 70.0 Å². The van der Waals surface area contributed by atoms with Gasteiger partial charge in [-0.3, -0.25) is 9.59 Å². The molecule has 128 valence electrons. The Kier molecular flexibility index (Phi) is 4.79. The van der Waals surface area contributed by atoms with Crippen molar-refractivity contribution in [3.63, 3.8) is 0 Å². The zero-order valence-corrected chi connectivity index (χ0v) is 14.6. The molecule has 0 saturated carbocycles. The summed E-state index contributed by atoms with van der Waals surface area (Å²) in [4.78, 5) is 24.8. The molecule has 2 N–H and O–H groups in total. The molecule has 0 aliphatic heterocycles. The number of ketones is 1. The highest BCUT2D eigenvalue weighted by Crippen LogP contribution is 2.29. The molecule has 0 heterocycles. The summed E-state index contributed by atoms with van der Waals surface area (Å²) in [6.45, 7) is 3.76. The number of nitrogens with one attached hydrogen (secondary N) is 2. The number of fused-ring (bicyclic) bond motifs is 1. The van der Waals surface area contributed by atoms with Crippen molar-refractivity contribution < 1.29 is 9.59 Å². The van der Waals surface area contributed by atoms with Gasteiger partial charge in [0.1, 0.15) is 0 Å². The maximum Gasteiger partial charge on any atom is 0.255 e. The second kappa shape index (κ2) is 7.01. The molecule has 1 atom stereocenters. The van der Waals surface area contributed by atoms with Crippen LogP contribution in [0.4, 0.5) is 5.69 Å². The number of rotatable bonds is 4. The molecule has 4 nitrogen and oxygen atoms in total. The number of carbonyl (C=O) groups excluding carboxylic acids is 2. The lowest BCUT2D eigenvalue weighted by molar-refractivity contribution is 0.0898. The molecule has 0 fully saturated rings. The second-order valence-corrected chi connectivity index (χ2v) is 6.54. The highest BCUT2D eigenvalue weighted by atomic mass is 16.1. The van der Waals surface area contributed by atoms with Gasteiger partial charge in [-0.2, -0.15) is 0 Å². The van der Waals surface area contributed by atoms with E-state index in [-0.39, 0.29) is 17.6 Å². The van der Waals surface area contributed by atoms with Crippen molar-refractivity contribution in [3.05, 3.63) is 64.7 Å². The molecular formula is C21H22N2O2. The Morgan fingerprint density at radius 1 is 1.16 bits per heavy atom. The van der Waals surface area contributed by atoms with E-state index in [0.29, 0.717) is 17.0 Å².